The van der Waals surface area contributed by atoms with Crippen LogP contribution in [0.15, 0.2) is 0 Å². The van der Waals surface area contributed by atoms with Crippen molar-refractivity contribution in [2.24, 2.45) is 0 Å². The summed E-state index contributed by atoms with van der Waals surface area (Å²) in [6.45, 7) is 1.64. The zero-order chi connectivity index (χ0) is 6.57. The standard InChI is InChI=1S/C3H8ClO3P/c1-3(5)2-7-8(4)6/h3,5-6H,2H2,1H3. The first-order valence-electron chi connectivity index (χ1n) is 2.08. The van der Waals surface area contributed by atoms with Crippen molar-refractivity contribution in [3.05, 3.63) is 0 Å². The summed E-state index contributed by atoms with van der Waals surface area (Å²) in [6, 6.07) is 0. The SMILES string of the molecule is CC(O)COP(O)Cl. The third-order valence-electron chi connectivity index (χ3n) is 0.422. The van der Waals surface area contributed by atoms with Gasteiger partial charge < -0.3 is 14.5 Å². The molecule has 0 radical (unpaired) electrons. The van der Waals surface area contributed by atoms with Crippen LogP contribution in [0.2, 0.25) is 0 Å². The van der Waals surface area contributed by atoms with Crippen molar-refractivity contribution >= 4 is 19.0 Å². The lowest BCUT2D eigenvalue weighted by atomic mass is 10.5. The molecule has 2 atom stereocenters. The van der Waals surface area contributed by atoms with Crippen molar-refractivity contribution in [3.63, 3.8) is 0 Å². The van der Waals surface area contributed by atoms with E-state index in [1.54, 1.807) is 6.92 Å². The Kier molecular flexibility index (Phi) is 4.81. The molecule has 50 valence electrons. The Balaban J connectivity index is 2.93. The molecule has 0 heterocycles. The molecule has 2 unspecified atom stereocenters. The van der Waals surface area contributed by atoms with Crippen molar-refractivity contribution < 1.29 is 14.5 Å². The maximum absolute atomic E-state index is 8.52. The zero-order valence-corrected chi connectivity index (χ0v) is 6.06. The van der Waals surface area contributed by atoms with Gasteiger partial charge in [0.15, 0.2) is 0 Å². The molecule has 8 heavy (non-hydrogen) atoms. The molecule has 0 aliphatic carbocycles. The van der Waals surface area contributed by atoms with Gasteiger partial charge in [-0.3, -0.25) is 0 Å². The molecule has 0 fully saturated rings. The van der Waals surface area contributed by atoms with Gasteiger partial charge in [0.2, 0.25) is 0 Å². The van der Waals surface area contributed by atoms with Gasteiger partial charge in [-0.25, -0.2) is 0 Å². The molecule has 2 N–H and O–H groups in total. The van der Waals surface area contributed by atoms with E-state index in [1.807, 2.05) is 0 Å². The Morgan fingerprint density at radius 3 is 2.50 bits per heavy atom. The molecule has 0 aromatic carbocycles. The van der Waals surface area contributed by atoms with Gasteiger partial charge in [-0.05, 0) is 18.2 Å². The quantitative estimate of drug-likeness (QED) is 0.599. The van der Waals surface area contributed by atoms with E-state index in [0.717, 1.165) is 0 Å². The summed E-state index contributed by atoms with van der Waals surface area (Å²) in [5, 5.41) is 8.52. The van der Waals surface area contributed by atoms with E-state index in [9.17, 15) is 0 Å². The van der Waals surface area contributed by atoms with Gasteiger partial charge in [0, 0.05) is 0 Å². The van der Waals surface area contributed by atoms with E-state index in [2.05, 4.69) is 4.52 Å². The van der Waals surface area contributed by atoms with Crippen LogP contribution in [0.25, 0.3) is 0 Å². The maximum Gasteiger partial charge on any atom is 0.274 e. The second-order valence-electron chi connectivity index (χ2n) is 1.37. The Labute approximate surface area is 53.9 Å². The lowest BCUT2D eigenvalue weighted by molar-refractivity contribution is 0.125. The van der Waals surface area contributed by atoms with E-state index in [-0.39, 0.29) is 6.61 Å². The summed E-state index contributed by atoms with van der Waals surface area (Å²) in [6.07, 6.45) is -0.564. The predicted octanol–water partition coefficient (Wildman–Crippen LogP) is 0.842. The van der Waals surface area contributed by atoms with Crippen LogP contribution in [0.3, 0.4) is 0 Å². The van der Waals surface area contributed by atoms with E-state index < -0.39 is 13.8 Å². The molecule has 0 bridgehead atoms. The average Bonchev–Trinajstić information content (AvgIpc) is 1.61. The minimum atomic E-state index is -1.82. The van der Waals surface area contributed by atoms with Crippen LogP contribution in [0.1, 0.15) is 6.92 Å². The summed E-state index contributed by atoms with van der Waals surface area (Å²) >= 11 is 5.01. The van der Waals surface area contributed by atoms with Crippen molar-refractivity contribution in [3.8, 4) is 0 Å². The number of aliphatic hydroxyl groups is 1. The summed E-state index contributed by atoms with van der Waals surface area (Å²) in [5.41, 5.74) is 0. The van der Waals surface area contributed by atoms with Crippen molar-refractivity contribution in [1.82, 2.24) is 0 Å². The molecule has 0 aliphatic rings. The van der Waals surface area contributed by atoms with E-state index in [1.165, 1.54) is 0 Å². The lowest BCUT2D eigenvalue weighted by Crippen LogP contribution is -2.06. The van der Waals surface area contributed by atoms with Crippen LogP contribution in [0, 0.1) is 0 Å². The van der Waals surface area contributed by atoms with Crippen LogP contribution in [0.4, 0.5) is 0 Å². The zero-order valence-electron chi connectivity index (χ0n) is 4.41. The number of aliphatic hydroxyl groups excluding tert-OH is 1. The minimum absolute atomic E-state index is 0.0890. The maximum atomic E-state index is 8.52. The van der Waals surface area contributed by atoms with Crippen LogP contribution < -0.4 is 0 Å². The van der Waals surface area contributed by atoms with Crippen molar-refractivity contribution in [2.75, 3.05) is 6.61 Å². The third-order valence-corrected chi connectivity index (χ3v) is 1.08. The van der Waals surface area contributed by atoms with Gasteiger partial charge in [0.1, 0.15) is 0 Å². The predicted molar refractivity (Wildman–Crippen MR) is 32.6 cm³/mol. The second-order valence-corrected chi connectivity index (χ2v) is 2.95. The molecule has 0 spiro atoms. The van der Waals surface area contributed by atoms with Gasteiger partial charge in [0.05, 0.1) is 12.7 Å². The van der Waals surface area contributed by atoms with E-state index in [4.69, 9.17) is 21.2 Å². The Bertz CT molecular complexity index is 50.5. The summed E-state index contributed by atoms with van der Waals surface area (Å²) in [5.74, 6) is 0. The average molecular weight is 159 g/mol. The number of rotatable bonds is 3. The van der Waals surface area contributed by atoms with Gasteiger partial charge in [-0.2, -0.15) is 0 Å². The molecule has 3 nitrogen and oxygen atoms in total. The molecule has 0 saturated heterocycles. The molecule has 0 rings (SSSR count). The largest absolute Gasteiger partial charge is 0.391 e. The topological polar surface area (TPSA) is 49.7 Å². The normalized spacial score (nSPS) is 18.0. The molecule has 0 aliphatic heterocycles. The molecular weight excluding hydrogens is 150 g/mol. The van der Waals surface area contributed by atoms with Crippen LogP contribution in [0.5, 0.6) is 0 Å². The fraction of sp³-hybridized carbons (Fsp3) is 1.00. The molecule has 0 amide bonds. The van der Waals surface area contributed by atoms with Gasteiger partial charge in [0.25, 0.3) is 7.73 Å². The second kappa shape index (κ2) is 4.48. The molecule has 5 heteroatoms. The Morgan fingerprint density at radius 2 is 2.38 bits per heavy atom. The summed E-state index contributed by atoms with van der Waals surface area (Å²) < 4.78 is 4.44. The van der Waals surface area contributed by atoms with Crippen molar-refractivity contribution in [2.45, 2.75) is 13.0 Å². The summed E-state index contributed by atoms with van der Waals surface area (Å²) in [7, 11) is -1.82. The van der Waals surface area contributed by atoms with Crippen LogP contribution in [-0.4, -0.2) is 22.7 Å². The third kappa shape index (κ3) is 6.60. The lowest BCUT2D eigenvalue weighted by Gasteiger charge is -2.03. The Morgan fingerprint density at radius 1 is 1.88 bits per heavy atom. The number of halogens is 1. The molecular formula is C3H8ClO3P. The van der Waals surface area contributed by atoms with Crippen molar-refractivity contribution in [1.29, 1.82) is 0 Å². The minimum Gasteiger partial charge on any atom is -0.391 e. The van der Waals surface area contributed by atoms with Gasteiger partial charge >= 0.3 is 0 Å². The highest BCUT2D eigenvalue weighted by Crippen LogP contribution is 2.36. The van der Waals surface area contributed by atoms with Crippen LogP contribution >= 0.6 is 19.0 Å². The molecule has 0 aromatic rings. The highest BCUT2D eigenvalue weighted by molar-refractivity contribution is 7.75. The molecule has 0 saturated carbocycles. The first-order valence-corrected chi connectivity index (χ1v) is 4.20. The molecule has 0 aromatic heterocycles. The fourth-order valence-corrected chi connectivity index (χ4v) is 0.677. The summed E-state index contributed by atoms with van der Waals surface area (Å²) in [4.78, 5) is 8.30. The smallest absolute Gasteiger partial charge is 0.274 e. The Hall–Kier alpha value is 0.600. The highest BCUT2D eigenvalue weighted by atomic mass is 35.7. The first kappa shape index (κ1) is 8.60. The first-order chi connectivity index (χ1) is 3.63. The fourth-order valence-electron chi connectivity index (χ4n) is 0.169. The van der Waals surface area contributed by atoms with E-state index >= 15 is 0 Å². The van der Waals surface area contributed by atoms with Gasteiger partial charge in [-0.1, -0.05) is 0 Å². The van der Waals surface area contributed by atoms with Gasteiger partial charge in [-0.15, -0.1) is 0 Å². The number of hydrogen-bond donors (Lipinski definition) is 2. The monoisotopic (exact) mass is 158 g/mol. The van der Waals surface area contributed by atoms with Crippen LogP contribution in [-0.2, 0) is 4.52 Å². The number of hydrogen-bond acceptors (Lipinski definition) is 3. The van der Waals surface area contributed by atoms with E-state index in [0.29, 0.717) is 0 Å². The highest BCUT2D eigenvalue weighted by Gasteiger charge is 2.00.